The van der Waals surface area contributed by atoms with Crippen molar-refractivity contribution in [3.05, 3.63) is 12.3 Å². The molecule has 0 unspecified atom stereocenters. The summed E-state index contributed by atoms with van der Waals surface area (Å²) < 4.78 is 0. The van der Waals surface area contributed by atoms with Crippen molar-refractivity contribution in [2.75, 3.05) is 24.6 Å². The lowest BCUT2D eigenvalue weighted by Crippen LogP contribution is -3.00. The number of hydrogen-bond donors (Lipinski definition) is 3. The Bertz CT molecular complexity index is 593. The molecule has 0 radical (unpaired) electrons. The third kappa shape index (κ3) is 8.99. The molecule has 3 N–H and O–H groups in total. The molecule has 0 spiro atoms. The Hall–Kier alpha value is -1.04. The van der Waals surface area contributed by atoms with Gasteiger partial charge >= 0.3 is 0 Å². The molecule has 9 nitrogen and oxygen atoms in total. The lowest BCUT2D eigenvalue weighted by Gasteiger charge is -2.23. The SMILES string of the molecule is C=C(C[PH+](C1(OO)CC1)C1(OO)CC1)OO.N#CCCP(CCC#N)CCC#N.[Cl-]. The van der Waals surface area contributed by atoms with Gasteiger partial charge in [0, 0.05) is 44.9 Å². The molecule has 12 heteroatoms. The van der Waals surface area contributed by atoms with Crippen molar-refractivity contribution >= 4 is 15.8 Å². The van der Waals surface area contributed by atoms with E-state index in [1.54, 1.807) is 0 Å². The third-order valence-electron chi connectivity index (χ3n) is 4.98. The summed E-state index contributed by atoms with van der Waals surface area (Å²) in [5.41, 5.74) is 0. The minimum Gasteiger partial charge on any atom is -1.00 e. The summed E-state index contributed by atoms with van der Waals surface area (Å²) in [6, 6.07) is 6.30. The second-order valence-corrected chi connectivity index (χ2v) is 12.8. The van der Waals surface area contributed by atoms with Crippen LogP contribution < -0.4 is 12.4 Å². The van der Waals surface area contributed by atoms with Crippen LogP contribution in [0.5, 0.6) is 0 Å². The van der Waals surface area contributed by atoms with Gasteiger partial charge in [0.05, 0.1) is 26.1 Å². The molecule has 0 aromatic carbocycles. The van der Waals surface area contributed by atoms with Gasteiger partial charge in [0.1, 0.15) is 6.16 Å². The summed E-state index contributed by atoms with van der Waals surface area (Å²) >= 11 is 0. The van der Waals surface area contributed by atoms with Gasteiger partial charge in [-0.3, -0.25) is 0 Å². The molecule has 168 valence electrons. The maximum atomic E-state index is 8.95. The highest BCUT2D eigenvalue weighted by molar-refractivity contribution is 7.61. The van der Waals surface area contributed by atoms with Crippen LogP contribution in [0.2, 0.25) is 0 Å². The Morgan fingerprint density at radius 3 is 1.47 bits per heavy atom. The summed E-state index contributed by atoms with van der Waals surface area (Å²) in [7, 11) is -1.66. The Morgan fingerprint density at radius 2 is 1.23 bits per heavy atom. The molecular weight excluding hydrogens is 452 g/mol. The topological polar surface area (TPSA) is 160 Å². The first kappa shape index (κ1) is 29.0. The maximum Gasteiger partial charge on any atom is 0.209 e. The summed E-state index contributed by atoms with van der Waals surface area (Å²) in [4.78, 5) is 13.2. The van der Waals surface area contributed by atoms with E-state index in [-0.39, 0.29) is 26.1 Å². The maximum absolute atomic E-state index is 8.95. The van der Waals surface area contributed by atoms with E-state index in [0.717, 1.165) is 44.2 Å². The molecule has 2 aliphatic rings. The van der Waals surface area contributed by atoms with Crippen molar-refractivity contribution in [2.24, 2.45) is 0 Å². The first-order valence-corrected chi connectivity index (χ1v) is 12.9. The van der Waals surface area contributed by atoms with E-state index in [9.17, 15) is 0 Å². The van der Waals surface area contributed by atoms with Crippen LogP contribution >= 0.6 is 15.8 Å². The van der Waals surface area contributed by atoms with Crippen molar-refractivity contribution in [1.29, 1.82) is 15.8 Å². The molecule has 0 heterocycles. The monoisotopic (exact) mass is 479 g/mol. The number of allylic oxidation sites excluding steroid dienone is 1. The lowest BCUT2D eigenvalue weighted by atomic mass is 10.5. The molecule has 0 bridgehead atoms. The van der Waals surface area contributed by atoms with E-state index in [0.29, 0.717) is 25.4 Å². The van der Waals surface area contributed by atoms with Crippen molar-refractivity contribution in [1.82, 2.24) is 0 Å². The summed E-state index contributed by atoms with van der Waals surface area (Å²) in [6.45, 7) is 3.54. The highest BCUT2D eigenvalue weighted by atomic mass is 35.5. The zero-order valence-electron chi connectivity index (χ0n) is 16.7. The van der Waals surface area contributed by atoms with Gasteiger partial charge in [0.25, 0.3) is 0 Å². The van der Waals surface area contributed by atoms with Crippen LogP contribution in [0, 0.1) is 34.0 Å². The van der Waals surface area contributed by atoms with Crippen molar-refractivity contribution in [3.8, 4) is 18.2 Å². The van der Waals surface area contributed by atoms with Crippen molar-refractivity contribution in [3.63, 3.8) is 0 Å². The fourth-order valence-electron chi connectivity index (χ4n) is 3.05. The van der Waals surface area contributed by atoms with Crippen LogP contribution in [0.25, 0.3) is 0 Å². The van der Waals surface area contributed by atoms with Crippen LogP contribution in [-0.4, -0.2) is 51.1 Å². The van der Waals surface area contributed by atoms with E-state index in [1.807, 2.05) is 0 Å². The first-order valence-electron chi connectivity index (χ1n) is 9.32. The zero-order valence-corrected chi connectivity index (χ0v) is 19.4. The molecule has 2 saturated carbocycles. The molecule has 2 aliphatic carbocycles. The Morgan fingerprint density at radius 1 is 0.867 bits per heavy atom. The van der Waals surface area contributed by atoms with E-state index in [1.165, 1.54) is 0 Å². The van der Waals surface area contributed by atoms with E-state index < -0.39 is 18.6 Å². The second-order valence-electron chi connectivity index (χ2n) is 7.02. The van der Waals surface area contributed by atoms with Crippen LogP contribution in [-0.2, 0) is 14.7 Å². The highest BCUT2D eigenvalue weighted by Crippen LogP contribution is 2.77. The van der Waals surface area contributed by atoms with Gasteiger partial charge in [-0.15, -0.1) is 7.92 Å². The Balaban J connectivity index is 0.000000557. The molecule has 30 heavy (non-hydrogen) atoms. The van der Waals surface area contributed by atoms with Crippen LogP contribution in [0.3, 0.4) is 0 Å². The van der Waals surface area contributed by atoms with Gasteiger partial charge in [0.2, 0.25) is 10.7 Å². The van der Waals surface area contributed by atoms with E-state index in [2.05, 4.69) is 39.4 Å². The molecular formula is C18H28ClN3O6P2. The summed E-state index contributed by atoms with van der Waals surface area (Å²) in [6.07, 6.45) is 7.65. The van der Waals surface area contributed by atoms with Crippen LogP contribution in [0.4, 0.5) is 0 Å². The quantitative estimate of drug-likeness (QED) is 0.153. The highest BCUT2D eigenvalue weighted by Gasteiger charge is 2.72. The zero-order chi connectivity index (χ0) is 21.8. The van der Waals surface area contributed by atoms with Crippen LogP contribution in [0.15, 0.2) is 12.3 Å². The molecule has 2 fully saturated rings. The minimum absolute atomic E-state index is 0. The smallest absolute Gasteiger partial charge is 0.209 e. The summed E-state index contributed by atoms with van der Waals surface area (Å²) in [5, 5.41) is 50.4. The molecule has 0 saturated heterocycles. The molecule has 0 amide bonds. The van der Waals surface area contributed by atoms with Gasteiger partial charge in [-0.1, -0.05) is 6.58 Å². The third-order valence-corrected chi connectivity index (χ3v) is 11.7. The average molecular weight is 480 g/mol. The van der Waals surface area contributed by atoms with Crippen LogP contribution in [0.1, 0.15) is 44.9 Å². The number of hydrogen-bond acceptors (Lipinski definition) is 9. The summed E-state index contributed by atoms with van der Waals surface area (Å²) in [5.74, 6) is 0.209. The number of rotatable bonds is 13. The minimum atomic E-state index is -1.42. The van der Waals surface area contributed by atoms with Gasteiger partial charge in [-0.25, -0.2) is 15.8 Å². The van der Waals surface area contributed by atoms with Crippen molar-refractivity contribution in [2.45, 2.75) is 55.6 Å². The molecule has 0 atom stereocenters. The fraction of sp³-hybridized carbons (Fsp3) is 0.722. The molecule has 0 aliphatic heterocycles. The number of nitrogens with zero attached hydrogens (tertiary/aromatic N) is 3. The van der Waals surface area contributed by atoms with Gasteiger partial charge in [-0.05, 0) is 18.5 Å². The lowest BCUT2D eigenvalue weighted by molar-refractivity contribution is -0.279. The number of nitriles is 3. The predicted molar refractivity (Wildman–Crippen MR) is 110 cm³/mol. The van der Waals surface area contributed by atoms with E-state index in [4.69, 9.17) is 31.6 Å². The largest absolute Gasteiger partial charge is 1.00 e. The van der Waals surface area contributed by atoms with Gasteiger partial charge in [-0.2, -0.15) is 25.6 Å². The Labute approximate surface area is 185 Å². The van der Waals surface area contributed by atoms with Gasteiger partial charge in [0.15, 0.2) is 5.76 Å². The molecule has 2 rings (SSSR count). The molecule has 0 aromatic heterocycles. The van der Waals surface area contributed by atoms with E-state index >= 15 is 0 Å². The normalized spacial score (nSPS) is 16.7. The van der Waals surface area contributed by atoms with Crippen molar-refractivity contribution < 1.29 is 42.8 Å². The second kappa shape index (κ2) is 14.9. The van der Waals surface area contributed by atoms with Gasteiger partial charge < -0.3 is 17.3 Å². The first-order chi connectivity index (χ1) is 14.0. The predicted octanol–water partition coefficient (Wildman–Crippen LogP) is 1.38. The molecule has 0 aromatic rings. The fourth-order valence-corrected chi connectivity index (χ4v) is 8.58. The standard InChI is InChI=1S/C9H12N3P.C9H15O6P.ClH/c10-4-1-7-13(8-2-5-11)9-3-6-12;1-7(13-10)6-16(8(14-11)2-3-8)9(15-12)4-5-9;/h1-3,7-9H2;10-12H,1-6H2;1H. The number of halogens is 1. The average Bonchev–Trinajstić information content (AvgIpc) is 3.67. The Kier molecular flexibility index (Phi) is 14.4.